The summed E-state index contributed by atoms with van der Waals surface area (Å²) in [5.41, 5.74) is -0.310. The Kier molecular flexibility index (Phi) is 8.86. The zero-order valence-corrected chi connectivity index (χ0v) is 11.4. The van der Waals surface area contributed by atoms with Crippen LogP contribution in [0.2, 0.25) is 0 Å². The van der Waals surface area contributed by atoms with Crippen molar-refractivity contribution in [2.24, 2.45) is 5.41 Å². The molecule has 0 aromatic rings. The molecule has 0 bridgehead atoms. The van der Waals surface area contributed by atoms with Crippen LogP contribution in [0.25, 0.3) is 0 Å². The van der Waals surface area contributed by atoms with Gasteiger partial charge in [-0.3, -0.25) is 0 Å². The van der Waals surface area contributed by atoms with Gasteiger partial charge in [0.1, 0.15) is 6.61 Å². The molecule has 0 spiro atoms. The Balaban J connectivity index is 3.73. The normalized spacial score (nSPS) is 14.1. The lowest BCUT2D eigenvalue weighted by Gasteiger charge is -2.26. The number of amides is 1. The van der Waals surface area contributed by atoms with Gasteiger partial charge in [0.15, 0.2) is 0 Å². The van der Waals surface area contributed by atoms with Crippen LogP contribution in [0.1, 0.15) is 52.9 Å². The minimum Gasteiger partial charge on any atom is -0.449 e. The molecular formula is C13H27NO3. The molecule has 0 saturated carbocycles. The van der Waals surface area contributed by atoms with Crippen molar-refractivity contribution in [2.75, 3.05) is 19.8 Å². The molecular weight excluding hydrogens is 218 g/mol. The van der Waals surface area contributed by atoms with Crippen molar-refractivity contribution in [1.29, 1.82) is 0 Å². The summed E-state index contributed by atoms with van der Waals surface area (Å²) in [5.74, 6) is 0. The van der Waals surface area contributed by atoms with E-state index < -0.39 is 0 Å². The lowest BCUT2D eigenvalue weighted by atomic mass is 9.88. The molecule has 102 valence electrons. The number of hydrogen-bond acceptors (Lipinski definition) is 3. The first-order chi connectivity index (χ1) is 8.08. The van der Waals surface area contributed by atoms with Crippen LogP contribution >= 0.6 is 0 Å². The van der Waals surface area contributed by atoms with Crippen molar-refractivity contribution in [3.05, 3.63) is 0 Å². The Bertz CT molecular complexity index is 209. The van der Waals surface area contributed by atoms with Crippen LogP contribution in [0, 0.1) is 5.41 Å². The van der Waals surface area contributed by atoms with E-state index in [0.29, 0.717) is 6.54 Å². The van der Waals surface area contributed by atoms with Crippen LogP contribution in [0.4, 0.5) is 4.79 Å². The largest absolute Gasteiger partial charge is 0.449 e. The molecule has 0 aliphatic carbocycles. The smallest absolute Gasteiger partial charge is 0.407 e. The van der Waals surface area contributed by atoms with Crippen molar-refractivity contribution < 1.29 is 14.6 Å². The second-order valence-electron chi connectivity index (χ2n) is 4.93. The van der Waals surface area contributed by atoms with Gasteiger partial charge in [-0.05, 0) is 12.8 Å². The predicted molar refractivity (Wildman–Crippen MR) is 69.0 cm³/mol. The monoisotopic (exact) mass is 245 g/mol. The minimum atomic E-state index is -0.378. The van der Waals surface area contributed by atoms with Gasteiger partial charge in [-0.2, -0.15) is 0 Å². The summed E-state index contributed by atoms with van der Waals surface area (Å²) in [4.78, 5) is 11.4. The Morgan fingerprint density at radius 3 is 2.53 bits per heavy atom. The van der Waals surface area contributed by atoms with Crippen molar-refractivity contribution in [3.63, 3.8) is 0 Å². The highest BCUT2D eigenvalue weighted by Gasteiger charge is 2.24. The third kappa shape index (κ3) is 8.02. The molecule has 0 radical (unpaired) electrons. The lowest BCUT2D eigenvalue weighted by molar-refractivity contribution is 0.0434. The molecule has 0 saturated heterocycles. The number of aliphatic hydroxyl groups is 1. The van der Waals surface area contributed by atoms with E-state index in [0.717, 1.165) is 32.1 Å². The van der Waals surface area contributed by atoms with Gasteiger partial charge >= 0.3 is 6.09 Å². The average molecular weight is 245 g/mol. The van der Waals surface area contributed by atoms with E-state index in [1.54, 1.807) is 0 Å². The molecule has 0 aliphatic rings. The first kappa shape index (κ1) is 16.2. The van der Waals surface area contributed by atoms with Crippen molar-refractivity contribution in [1.82, 2.24) is 5.32 Å². The molecule has 0 rings (SSSR count). The van der Waals surface area contributed by atoms with E-state index in [4.69, 9.17) is 4.74 Å². The van der Waals surface area contributed by atoms with Crippen LogP contribution in [-0.4, -0.2) is 31.0 Å². The van der Waals surface area contributed by atoms with Crippen molar-refractivity contribution in [3.8, 4) is 0 Å². The van der Waals surface area contributed by atoms with E-state index in [-0.39, 0.29) is 24.7 Å². The van der Waals surface area contributed by atoms with Gasteiger partial charge in [0, 0.05) is 12.0 Å². The van der Waals surface area contributed by atoms with Gasteiger partial charge in [0.25, 0.3) is 0 Å². The Labute approximate surface area is 105 Å². The summed E-state index contributed by atoms with van der Waals surface area (Å²) in [6.07, 6.45) is 4.68. The summed E-state index contributed by atoms with van der Waals surface area (Å²) in [6, 6.07) is 0. The topological polar surface area (TPSA) is 58.6 Å². The SMILES string of the molecule is CCCCCNC(=O)OCC(C)(CO)CCC. The number of rotatable bonds is 9. The summed E-state index contributed by atoms with van der Waals surface area (Å²) in [7, 11) is 0. The molecule has 1 atom stereocenters. The Morgan fingerprint density at radius 2 is 2.00 bits per heavy atom. The number of nitrogens with one attached hydrogen (secondary N) is 1. The van der Waals surface area contributed by atoms with E-state index in [9.17, 15) is 9.90 Å². The number of aliphatic hydroxyl groups excluding tert-OH is 1. The molecule has 4 heteroatoms. The summed E-state index contributed by atoms with van der Waals surface area (Å²) in [5, 5.41) is 12.0. The van der Waals surface area contributed by atoms with Crippen LogP contribution < -0.4 is 5.32 Å². The number of ether oxygens (including phenoxy) is 1. The molecule has 17 heavy (non-hydrogen) atoms. The molecule has 0 aromatic heterocycles. The zero-order valence-electron chi connectivity index (χ0n) is 11.4. The van der Waals surface area contributed by atoms with Gasteiger partial charge in [0.2, 0.25) is 0 Å². The maximum absolute atomic E-state index is 11.4. The second kappa shape index (κ2) is 9.28. The molecule has 2 N–H and O–H groups in total. The first-order valence-corrected chi connectivity index (χ1v) is 6.59. The van der Waals surface area contributed by atoms with Gasteiger partial charge in [-0.1, -0.05) is 40.0 Å². The molecule has 0 heterocycles. The predicted octanol–water partition coefficient (Wildman–Crippen LogP) is 2.70. The quantitative estimate of drug-likeness (QED) is 0.614. The van der Waals surface area contributed by atoms with Gasteiger partial charge in [-0.15, -0.1) is 0 Å². The highest BCUT2D eigenvalue weighted by atomic mass is 16.5. The fraction of sp³-hybridized carbons (Fsp3) is 0.923. The molecule has 0 fully saturated rings. The Hall–Kier alpha value is -0.770. The summed E-state index contributed by atoms with van der Waals surface area (Å²) < 4.78 is 5.12. The lowest BCUT2D eigenvalue weighted by Crippen LogP contribution is -2.33. The van der Waals surface area contributed by atoms with Gasteiger partial charge < -0.3 is 15.2 Å². The van der Waals surface area contributed by atoms with E-state index in [2.05, 4.69) is 19.2 Å². The highest BCUT2D eigenvalue weighted by molar-refractivity contribution is 5.67. The summed E-state index contributed by atoms with van der Waals surface area (Å²) >= 11 is 0. The van der Waals surface area contributed by atoms with Crippen LogP contribution in [0.5, 0.6) is 0 Å². The van der Waals surface area contributed by atoms with Gasteiger partial charge in [0.05, 0.1) is 6.61 Å². The molecule has 1 unspecified atom stereocenters. The second-order valence-corrected chi connectivity index (χ2v) is 4.93. The highest BCUT2D eigenvalue weighted by Crippen LogP contribution is 2.22. The number of unbranched alkanes of at least 4 members (excludes halogenated alkanes) is 2. The average Bonchev–Trinajstić information content (AvgIpc) is 2.32. The van der Waals surface area contributed by atoms with E-state index >= 15 is 0 Å². The third-order valence-electron chi connectivity index (χ3n) is 2.84. The van der Waals surface area contributed by atoms with Crippen molar-refractivity contribution in [2.45, 2.75) is 52.9 Å². The number of hydrogen-bond donors (Lipinski definition) is 2. The molecule has 1 amide bonds. The van der Waals surface area contributed by atoms with E-state index in [1.807, 2.05) is 6.92 Å². The first-order valence-electron chi connectivity index (χ1n) is 6.59. The standard InChI is InChI=1S/C13H27NO3/c1-4-6-7-9-14-12(16)17-11-13(3,10-15)8-5-2/h15H,4-11H2,1-3H3,(H,14,16). The Morgan fingerprint density at radius 1 is 1.29 bits per heavy atom. The number of carbonyl (C=O) groups excluding carboxylic acids is 1. The van der Waals surface area contributed by atoms with Crippen molar-refractivity contribution >= 4 is 6.09 Å². The maximum Gasteiger partial charge on any atom is 0.407 e. The fourth-order valence-corrected chi connectivity index (χ4v) is 1.66. The van der Waals surface area contributed by atoms with Crippen LogP contribution in [0.15, 0.2) is 0 Å². The number of alkyl carbamates (subject to hydrolysis) is 1. The third-order valence-corrected chi connectivity index (χ3v) is 2.84. The molecule has 0 aromatic carbocycles. The molecule has 4 nitrogen and oxygen atoms in total. The zero-order chi connectivity index (χ0) is 13.1. The maximum atomic E-state index is 11.4. The van der Waals surface area contributed by atoms with Crippen LogP contribution in [0.3, 0.4) is 0 Å². The van der Waals surface area contributed by atoms with E-state index in [1.165, 1.54) is 0 Å². The van der Waals surface area contributed by atoms with Crippen LogP contribution in [-0.2, 0) is 4.74 Å². The minimum absolute atomic E-state index is 0.0456. The molecule has 0 aliphatic heterocycles. The van der Waals surface area contributed by atoms with Gasteiger partial charge in [-0.25, -0.2) is 4.79 Å². The number of carbonyl (C=O) groups is 1. The fourth-order valence-electron chi connectivity index (χ4n) is 1.66. The summed E-state index contributed by atoms with van der Waals surface area (Å²) in [6.45, 7) is 7.09.